The van der Waals surface area contributed by atoms with E-state index >= 15 is 0 Å². The number of nitrogens with zero attached hydrogens (tertiary/aromatic N) is 1. The van der Waals surface area contributed by atoms with Gasteiger partial charge in [-0.2, -0.15) is 5.10 Å². The molecule has 1 aromatic carbocycles. The number of aromatic hydroxyl groups is 1. The molecule has 0 amide bonds. The average Bonchev–Trinajstić information content (AvgIpc) is 2.20. The van der Waals surface area contributed by atoms with E-state index in [1.807, 2.05) is 0 Å². The summed E-state index contributed by atoms with van der Waals surface area (Å²) in [5.74, 6) is 4.46. The first-order valence-electron chi connectivity index (χ1n) is 3.83. The van der Waals surface area contributed by atoms with E-state index in [0.717, 1.165) is 0 Å². The quantitative estimate of drug-likeness (QED) is 0.310. The van der Waals surface area contributed by atoms with Crippen LogP contribution in [0, 0.1) is 0 Å². The third-order valence-corrected chi connectivity index (χ3v) is 1.66. The lowest BCUT2D eigenvalue weighted by atomic mass is 10.1. The van der Waals surface area contributed by atoms with Crippen molar-refractivity contribution in [1.29, 1.82) is 0 Å². The van der Waals surface area contributed by atoms with Gasteiger partial charge in [0, 0.05) is 5.56 Å². The summed E-state index contributed by atoms with van der Waals surface area (Å²) in [6.45, 7) is 0. The van der Waals surface area contributed by atoms with Gasteiger partial charge in [0.25, 0.3) is 0 Å². The van der Waals surface area contributed by atoms with Gasteiger partial charge in [0.15, 0.2) is 0 Å². The molecule has 14 heavy (non-hydrogen) atoms. The second-order valence-corrected chi connectivity index (χ2v) is 2.54. The van der Waals surface area contributed by atoms with Crippen LogP contribution in [0.15, 0.2) is 23.3 Å². The van der Waals surface area contributed by atoms with Crippen LogP contribution in [0.5, 0.6) is 5.75 Å². The van der Waals surface area contributed by atoms with E-state index in [1.165, 1.54) is 31.5 Å². The molecule has 0 atom stereocenters. The van der Waals surface area contributed by atoms with Crippen LogP contribution >= 0.6 is 0 Å². The fourth-order valence-corrected chi connectivity index (χ4v) is 0.983. The number of hydrogen-bond donors (Lipinski definition) is 2. The number of hydrogen-bond acceptors (Lipinski definition) is 5. The Morgan fingerprint density at radius 2 is 2.36 bits per heavy atom. The van der Waals surface area contributed by atoms with Crippen LogP contribution in [-0.4, -0.2) is 24.4 Å². The van der Waals surface area contributed by atoms with Gasteiger partial charge in [-0.15, -0.1) is 0 Å². The molecule has 0 spiro atoms. The van der Waals surface area contributed by atoms with Gasteiger partial charge >= 0.3 is 5.97 Å². The van der Waals surface area contributed by atoms with Crippen molar-refractivity contribution in [2.24, 2.45) is 10.9 Å². The Labute approximate surface area is 80.8 Å². The molecule has 0 saturated carbocycles. The summed E-state index contributed by atoms with van der Waals surface area (Å²) in [6.07, 6.45) is 1.25. The highest BCUT2D eigenvalue weighted by Crippen LogP contribution is 2.16. The number of phenols is 1. The number of hydrazone groups is 1. The van der Waals surface area contributed by atoms with Crippen molar-refractivity contribution >= 4 is 12.2 Å². The number of nitrogens with two attached hydrogens (primary N) is 1. The summed E-state index contributed by atoms with van der Waals surface area (Å²) in [4.78, 5) is 11.1. The van der Waals surface area contributed by atoms with Gasteiger partial charge in [-0.05, 0) is 18.2 Å². The van der Waals surface area contributed by atoms with E-state index in [1.54, 1.807) is 0 Å². The van der Waals surface area contributed by atoms with Crippen LogP contribution in [0.25, 0.3) is 0 Å². The van der Waals surface area contributed by atoms with E-state index in [0.29, 0.717) is 11.1 Å². The Morgan fingerprint density at radius 1 is 1.64 bits per heavy atom. The van der Waals surface area contributed by atoms with E-state index in [9.17, 15) is 9.90 Å². The first kappa shape index (κ1) is 10.0. The highest BCUT2D eigenvalue weighted by Gasteiger charge is 2.07. The highest BCUT2D eigenvalue weighted by molar-refractivity contribution is 5.93. The molecule has 0 saturated heterocycles. The van der Waals surface area contributed by atoms with Crippen molar-refractivity contribution in [1.82, 2.24) is 0 Å². The summed E-state index contributed by atoms with van der Waals surface area (Å²) in [5.41, 5.74) is 0.704. The number of ether oxygens (including phenoxy) is 1. The normalized spacial score (nSPS) is 10.4. The lowest BCUT2D eigenvalue weighted by Crippen LogP contribution is -2.02. The molecule has 0 bridgehead atoms. The fourth-order valence-electron chi connectivity index (χ4n) is 0.983. The van der Waals surface area contributed by atoms with Crippen LogP contribution < -0.4 is 5.84 Å². The second kappa shape index (κ2) is 4.27. The van der Waals surface area contributed by atoms with Gasteiger partial charge in [-0.3, -0.25) is 0 Å². The third kappa shape index (κ3) is 2.01. The van der Waals surface area contributed by atoms with E-state index in [2.05, 4.69) is 9.84 Å². The monoisotopic (exact) mass is 194 g/mol. The number of carbonyl (C=O) groups excluding carboxylic acids is 1. The smallest absolute Gasteiger partial charge is 0.337 e. The zero-order chi connectivity index (χ0) is 10.6. The zero-order valence-corrected chi connectivity index (χ0v) is 7.60. The topological polar surface area (TPSA) is 84.9 Å². The first-order valence-corrected chi connectivity index (χ1v) is 3.83. The van der Waals surface area contributed by atoms with Gasteiger partial charge in [0.2, 0.25) is 0 Å². The van der Waals surface area contributed by atoms with Crippen molar-refractivity contribution in [3.8, 4) is 5.75 Å². The lowest BCUT2D eigenvalue weighted by molar-refractivity contribution is 0.0600. The van der Waals surface area contributed by atoms with Gasteiger partial charge in [0.1, 0.15) is 5.75 Å². The molecule has 0 radical (unpaired) electrons. The van der Waals surface area contributed by atoms with Crippen LogP contribution in [0.4, 0.5) is 0 Å². The van der Waals surface area contributed by atoms with Gasteiger partial charge < -0.3 is 15.7 Å². The van der Waals surface area contributed by atoms with Crippen molar-refractivity contribution in [3.63, 3.8) is 0 Å². The minimum atomic E-state index is -0.475. The number of carbonyl (C=O) groups is 1. The molecule has 0 aliphatic carbocycles. The molecule has 3 N–H and O–H groups in total. The molecule has 74 valence electrons. The first-order chi connectivity index (χ1) is 6.69. The molecular weight excluding hydrogens is 184 g/mol. The maximum Gasteiger partial charge on any atom is 0.337 e. The predicted molar refractivity (Wildman–Crippen MR) is 51.2 cm³/mol. The third-order valence-electron chi connectivity index (χ3n) is 1.66. The number of methoxy groups -OCH3 is 1. The molecule has 0 heterocycles. The SMILES string of the molecule is COC(=O)c1ccc(O)c(C=NN)c1. The van der Waals surface area contributed by atoms with E-state index < -0.39 is 5.97 Å². The predicted octanol–water partition coefficient (Wildman–Crippen LogP) is 0.471. The summed E-state index contributed by atoms with van der Waals surface area (Å²) in [7, 11) is 1.28. The molecule has 5 nitrogen and oxygen atoms in total. The summed E-state index contributed by atoms with van der Waals surface area (Å²) in [6, 6.07) is 4.27. The lowest BCUT2D eigenvalue weighted by Gasteiger charge is -2.01. The molecule has 0 aliphatic heterocycles. The summed E-state index contributed by atoms with van der Waals surface area (Å²) >= 11 is 0. The minimum absolute atomic E-state index is 0.00635. The summed E-state index contributed by atoms with van der Waals surface area (Å²) < 4.78 is 4.51. The second-order valence-electron chi connectivity index (χ2n) is 2.54. The van der Waals surface area contributed by atoms with Crippen LogP contribution in [-0.2, 0) is 4.74 Å². The zero-order valence-electron chi connectivity index (χ0n) is 7.60. The average molecular weight is 194 g/mol. The molecular formula is C9H10N2O3. The Kier molecular flexibility index (Phi) is 3.06. The number of benzene rings is 1. The van der Waals surface area contributed by atoms with Gasteiger partial charge in [-0.25, -0.2) is 4.79 Å². The maximum absolute atomic E-state index is 11.1. The minimum Gasteiger partial charge on any atom is -0.507 e. The molecule has 1 rings (SSSR count). The largest absolute Gasteiger partial charge is 0.507 e. The maximum atomic E-state index is 11.1. The van der Waals surface area contributed by atoms with E-state index in [4.69, 9.17) is 5.84 Å². The Hall–Kier alpha value is -2.04. The van der Waals surface area contributed by atoms with Crippen LogP contribution in [0.1, 0.15) is 15.9 Å². The van der Waals surface area contributed by atoms with Gasteiger partial charge in [0.05, 0.1) is 18.9 Å². The molecule has 0 unspecified atom stereocenters. The number of esters is 1. The molecule has 0 fully saturated rings. The van der Waals surface area contributed by atoms with E-state index in [-0.39, 0.29) is 5.75 Å². The van der Waals surface area contributed by atoms with Crippen LogP contribution in [0.3, 0.4) is 0 Å². The van der Waals surface area contributed by atoms with Crippen molar-refractivity contribution in [2.75, 3.05) is 7.11 Å². The summed E-state index contributed by atoms with van der Waals surface area (Å²) in [5, 5.41) is 12.6. The standard InChI is InChI=1S/C9H10N2O3/c1-14-9(13)6-2-3-8(12)7(4-6)5-11-10/h2-5,12H,10H2,1H3. The van der Waals surface area contributed by atoms with Gasteiger partial charge in [-0.1, -0.05) is 0 Å². The number of rotatable bonds is 2. The Bertz CT molecular complexity index is 374. The molecule has 0 aromatic heterocycles. The van der Waals surface area contributed by atoms with Crippen molar-refractivity contribution in [3.05, 3.63) is 29.3 Å². The Morgan fingerprint density at radius 3 is 2.93 bits per heavy atom. The molecule has 1 aromatic rings. The molecule has 5 heteroatoms. The molecule has 0 aliphatic rings. The van der Waals surface area contributed by atoms with Crippen molar-refractivity contribution < 1.29 is 14.6 Å². The van der Waals surface area contributed by atoms with Crippen LogP contribution in [0.2, 0.25) is 0 Å². The number of phenolic OH excluding ortho intramolecular Hbond substituents is 1. The van der Waals surface area contributed by atoms with Crippen molar-refractivity contribution in [2.45, 2.75) is 0 Å². The highest BCUT2D eigenvalue weighted by atomic mass is 16.5. The fraction of sp³-hybridized carbons (Fsp3) is 0.111. The Balaban J connectivity index is 3.12.